The number of ether oxygens (including phenoxy) is 2. The molecule has 0 spiro atoms. The molecule has 1 aliphatic heterocycles. The van der Waals surface area contributed by atoms with Crippen molar-refractivity contribution in [1.29, 1.82) is 0 Å². The second-order valence-electron chi connectivity index (χ2n) is 5.70. The molecule has 1 saturated heterocycles. The Labute approximate surface area is 108 Å². The molecule has 1 fully saturated rings. The Hall–Kier alpha value is -1.36. The molecule has 0 aromatic rings. The zero-order valence-electron chi connectivity index (χ0n) is 11.6. The highest BCUT2D eigenvalue weighted by Gasteiger charge is 2.44. The second-order valence-corrected chi connectivity index (χ2v) is 5.70. The summed E-state index contributed by atoms with van der Waals surface area (Å²) in [5, 5.41) is 0. The first-order valence-electron chi connectivity index (χ1n) is 5.95. The summed E-state index contributed by atoms with van der Waals surface area (Å²) in [6, 6.07) is -0.278. The fourth-order valence-corrected chi connectivity index (χ4v) is 1.81. The van der Waals surface area contributed by atoms with Crippen LogP contribution < -0.4 is 0 Å². The van der Waals surface area contributed by atoms with Gasteiger partial charge >= 0.3 is 6.09 Å². The van der Waals surface area contributed by atoms with E-state index in [-0.39, 0.29) is 6.04 Å². The largest absolute Gasteiger partial charge is 0.444 e. The quantitative estimate of drug-likeness (QED) is 0.560. The van der Waals surface area contributed by atoms with Gasteiger partial charge in [-0.05, 0) is 40.7 Å². The average molecular weight is 255 g/mol. The van der Waals surface area contributed by atoms with Gasteiger partial charge in [0, 0.05) is 0 Å². The van der Waals surface area contributed by atoms with E-state index in [1.165, 1.54) is 11.0 Å². The Bertz CT molecular complexity index is 354. The average Bonchev–Trinajstić information content (AvgIpc) is 2.48. The minimum Gasteiger partial charge on any atom is -0.444 e. The van der Waals surface area contributed by atoms with Crippen LogP contribution in [0.15, 0.2) is 12.2 Å². The van der Waals surface area contributed by atoms with Crippen molar-refractivity contribution >= 4 is 12.4 Å². The van der Waals surface area contributed by atoms with Gasteiger partial charge in [0.15, 0.2) is 0 Å². The molecule has 1 atom stereocenters. The van der Waals surface area contributed by atoms with Gasteiger partial charge in [-0.3, -0.25) is 9.69 Å². The highest BCUT2D eigenvalue weighted by Crippen LogP contribution is 2.29. The van der Waals surface area contributed by atoms with Crippen LogP contribution in [0.3, 0.4) is 0 Å². The van der Waals surface area contributed by atoms with Gasteiger partial charge in [0.05, 0.1) is 12.6 Å². The van der Waals surface area contributed by atoms with Gasteiger partial charge in [-0.25, -0.2) is 4.79 Å². The molecule has 0 unspecified atom stereocenters. The Morgan fingerprint density at radius 1 is 1.44 bits per heavy atom. The lowest BCUT2D eigenvalue weighted by Gasteiger charge is -2.34. The number of rotatable bonds is 2. The predicted octanol–water partition coefficient (Wildman–Crippen LogP) is 2.11. The molecule has 0 radical (unpaired) electrons. The molecule has 18 heavy (non-hydrogen) atoms. The fraction of sp³-hybridized carbons (Fsp3) is 0.692. The Kier molecular flexibility index (Phi) is 4.16. The Morgan fingerprint density at radius 3 is 2.56 bits per heavy atom. The highest BCUT2D eigenvalue weighted by molar-refractivity contribution is 5.71. The number of nitrogens with zero attached hydrogens (tertiary/aromatic N) is 1. The van der Waals surface area contributed by atoms with Crippen LogP contribution in [0.5, 0.6) is 0 Å². The van der Waals surface area contributed by atoms with Crippen molar-refractivity contribution in [2.45, 2.75) is 52.0 Å². The summed E-state index contributed by atoms with van der Waals surface area (Å²) in [6.07, 6.45) is 3.25. The molecule has 0 bridgehead atoms. The molecule has 0 saturated carbocycles. The van der Waals surface area contributed by atoms with E-state index in [9.17, 15) is 9.59 Å². The number of hydrogen-bond donors (Lipinski definition) is 0. The highest BCUT2D eigenvalue weighted by atomic mass is 16.6. The van der Waals surface area contributed by atoms with E-state index in [1.54, 1.807) is 19.9 Å². The van der Waals surface area contributed by atoms with E-state index < -0.39 is 17.4 Å². The molecule has 0 aliphatic carbocycles. The third kappa shape index (κ3) is 3.57. The number of allylic oxidation sites excluding steroid dienone is 1. The first kappa shape index (κ1) is 14.7. The molecule has 102 valence electrons. The first-order chi connectivity index (χ1) is 8.17. The Balaban J connectivity index is 2.88. The summed E-state index contributed by atoms with van der Waals surface area (Å²) < 4.78 is 10.9. The van der Waals surface area contributed by atoms with Gasteiger partial charge in [0.25, 0.3) is 0 Å². The summed E-state index contributed by atoms with van der Waals surface area (Å²) in [5.41, 5.74) is -1.30. The molecular weight excluding hydrogens is 234 g/mol. The van der Waals surface area contributed by atoms with Crippen LogP contribution in [0.25, 0.3) is 0 Å². The predicted molar refractivity (Wildman–Crippen MR) is 67.1 cm³/mol. The number of hydrogen-bond acceptors (Lipinski definition) is 4. The van der Waals surface area contributed by atoms with Gasteiger partial charge in [-0.2, -0.15) is 0 Å². The lowest BCUT2D eigenvalue weighted by atomic mass is 10.2. The second kappa shape index (κ2) is 5.10. The zero-order valence-corrected chi connectivity index (χ0v) is 11.6. The van der Waals surface area contributed by atoms with E-state index in [0.717, 1.165) is 0 Å². The van der Waals surface area contributed by atoms with Crippen LogP contribution in [-0.2, 0) is 14.3 Å². The smallest absolute Gasteiger partial charge is 0.413 e. The number of aldehydes is 1. The van der Waals surface area contributed by atoms with E-state index in [4.69, 9.17) is 9.47 Å². The van der Waals surface area contributed by atoms with Crippen molar-refractivity contribution in [2.75, 3.05) is 6.61 Å². The topological polar surface area (TPSA) is 55.8 Å². The minimum atomic E-state index is -0.736. The normalized spacial score (nSPS) is 23.4. The molecule has 1 amide bonds. The molecule has 1 rings (SSSR count). The van der Waals surface area contributed by atoms with Crippen LogP contribution >= 0.6 is 0 Å². The zero-order chi connectivity index (χ0) is 14.0. The van der Waals surface area contributed by atoms with E-state index >= 15 is 0 Å². The summed E-state index contributed by atoms with van der Waals surface area (Å²) in [7, 11) is 0. The lowest BCUT2D eigenvalue weighted by Crippen LogP contribution is -2.49. The minimum absolute atomic E-state index is 0.278. The summed E-state index contributed by atoms with van der Waals surface area (Å²) in [6.45, 7) is 9.38. The molecular formula is C13H21NO4. The Morgan fingerprint density at radius 2 is 2.06 bits per heavy atom. The van der Waals surface area contributed by atoms with Crippen LogP contribution in [0, 0.1) is 0 Å². The maximum Gasteiger partial charge on any atom is 0.413 e. The summed E-state index contributed by atoms with van der Waals surface area (Å²) >= 11 is 0. The van der Waals surface area contributed by atoms with E-state index in [0.29, 0.717) is 12.9 Å². The fourth-order valence-electron chi connectivity index (χ4n) is 1.81. The summed E-state index contributed by atoms with van der Waals surface area (Å²) in [5.74, 6) is 0. The van der Waals surface area contributed by atoms with Crippen molar-refractivity contribution in [3.05, 3.63) is 12.2 Å². The van der Waals surface area contributed by atoms with Crippen molar-refractivity contribution in [2.24, 2.45) is 0 Å². The summed E-state index contributed by atoms with van der Waals surface area (Å²) in [4.78, 5) is 24.0. The molecule has 1 heterocycles. The third-order valence-electron chi connectivity index (χ3n) is 2.52. The SMILES string of the molecule is CC(C)(C)OC(=O)N1[C@@H](/C=C/C=O)COC1(C)C. The van der Waals surface area contributed by atoms with Crippen molar-refractivity contribution in [3.63, 3.8) is 0 Å². The number of amides is 1. The first-order valence-corrected chi connectivity index (χ1v) is 5.95. The third-order valence-corrected chi connectivity index (χ3v) is 2.52. The van der Waals surface area contributed by atoms with Gasteiger partial charge < -0.3 is 9.47 Å². The van der Waals surface area contributed by atoms with Gasteiger partial charge in [0.1, 0.15) is 17.6 Å². The molecule has 5 nitrogen and oxygen atoms in total. The molecule has 0 aromatic carbocycles. The lowest BCUT2D eigenvalue weighted by molar-refractivity contribution is -0.104. The van der Waals surface area contributed by atoms with Crippen LogP contribution in [0.1, 0.15) is 34.6 Å². The molecule has 5 heteroatoms. The van der Waals surface area contributed by atoms with E-state index in [2.05, 4.69) is 0 Å². The van der Waals surface area contributed by atoms with Gasteiger partial charge in [-0.15, -0.1) is 0 Å². The van der Waals surface area contributed by atoms with E-state index in [1.807, 2.05) is 20.8 Å². The van der Waals surface area contributed by atoms with Crippen LogP contribution in [0.2, 0.25) is 0 Å². The van der Waals surface area contributed by atoms with Crippen molar-refractivity contribution < 1.29 is 19.1 Å². The number of carbonyl (C=O) groups excluding carboxylic acids is 2. The maximum absolute atomic E-state index is 12.2. The van der Waals surface area contributed by atoms with Gasteiger partial charge in [0.2, 0.25) is 0 Å². The molecule has 1 aliphatic rings. The monoisotopic (exact) mass is 255 g/mol. The molecule has 0 aromatic heterocycles. The van der Waals surface area contributed by atoms with Crippen molar-refractivity contribution in [3.8, 4) is 0 Å². The molecule has 0 N–H and O–H groups in total. The van der Waals surface area contributed by atoms with Crippen LogP contribution in [-0.4, -0.2) is 41.3 Å². The number of carbonyl (C=O) groups is 2. The van der Waals surface area contributed by atoms with Gasteiger partial charge in [-0.1, -0.05) is 6.08 Å². The standard InChI is InChI=1S/C13H21NO4/c1-12(2,3)18-11(16)14-10(7-6-8-15)9-17-13(14,4)5/h6-8,10H,9H2,1-5H3/b7-6+/t10-/m0/s1. The van der Waals surface area contributed by atoms with Crippen LogP contribution in [0.4, 0.5) is 4.79 Å². The van der Waals surface area contributed by atoms with Crippen molar-refractivity contribution in [1.82, 2.24) is 4.90 Å². The maximum atomic E-state index is 12.2.